The molecule has 0 bridgehead atoms. The fraction of sp³-hybridized carbons (Fsp3) is 0.0667. The first kappa shape index (κ1) is 13.6. The van der Waals surface area contributed by atoms with Gasteiger partial charge in [-0.05, 0) is 35.9 Å². The van der Waals surface area contributed by atoms with Crippen molar-refractivity contribution in [2.75, 3.05) is 0 Å². The third kappa shape index (κ3) is 3.84. The molecular formula is C15H13NO4. The lowest BCUT2D eigenvalue weighted by Crippen LogP contribution is -2.22. The van der Waals surface area contributed by atoms with Crippen molar-refractivity contribution < 1.29 is 19.1 Å². The van der Waals surface area contributed by atoms with Crippen LogP contribution in [-0.4, -0.2) is 17.0 Å². The van der Waals surface area contributed by atoms with Crippen molar-refractivity contribution in [3.63, 3.8) is 0 Å². The SMILES string of the molecule is O=C(O)/C=C/c1ccc(C(=O)NCc2ccco2)cc1. The molecule has 0 aliphatic carbocycles. The average molecular weight is 271 g/mol. The van der Waals surface area contributed by atoms with Gasteiger partial charge in [0, 0.05) is 11.6 Å². The van der Waals surface area contributed by atoms with Crippen molar-refractivity contribution in [1.82, 2.24) is 5.32 Å². The fourth-order valence-corrected chi connectivity index (χ4v) is 1.60. The Morgan fingerprint density at radius 1 is 1.20 bits per heavy atom. The minimum absolute atomic E-state index is 0.213. The van der Waals surface area contributed by atoms with E-state index in [1.165, 1.54) is 6.08 Å². The van der Waals surface area contributed by atoms with Gasteiger partial charge in [-0.2, -0.15) is 0 Å². The van der Waals surface area contributed by atoms with E-state index in [2.05, 4.69) is 5.32 Å². The summed E-state index contributed by atoms with van der Waals surface area (Å²) >= 11 is 0. The summed E-state index contributed by atoms with van der Waals surface area (Å²) < 4.78 is 5.11. The summed E-state index contributed by atoms with van der Waals surface area (Å²) in [6.45, 7) is 0.326. The van der Waals surface area contributed by atoms with Crippen LogP contribution >= 0.6 is 0 Å². The molecule has 5 heteroatoms. The fourth-order valence-electron chi connectivity index (χ4n) is 1.60. The molecule has 5 nitrogen and oxygen atoms in total. The molecular weight excluding hydrogens is 258 g/mol. The number of benzene rings is 1. The van der Waals surface area contributed by atoms with Gasteiger partial charge >= 0.3 is 5.97 Å². The van der Waals surface area contributed by atoms with Crippen LogP contribution in [0.5, 0.6) is 0 Å². The van der Waals surface area contributed by atoms with E-state index in [9.17, 15) is 9.59 Å². The predicted molar refractivity (Wildman–Crippen MR) is 73.0 cm³/mol. The molecule has 1 aromatic heterocycles. The summed E-state index contributed by atoms with van der Waals surface area (Å²) in [6, 6.07) is 10.2. The maximum absolute atomic E-state index is 11.9. The first-order valence-electron chi connectivity index (χ1n) is 5.97. The van der Waals surface area contributed by atoms with E-state index in [1.807, 2.05) is 0 Å². The normalized spacial score (nSPS) is 10.6. The molecule has 0 saturated carbocycles. The van der Waals surface area contributed by atoms with E-state index in [0.717, 1.165) is 11.6 Å². The number of hydrogen-bond acceptors (Lipinski definition) is 3. The Morgan fingerprint density at radius 3 is 2.55 bits per heavy atom. The second kappa shape index (κ2) is 6.38. The number of rotatable bonds is 5. The van der Waals surface area contributed by atoms with E-state index in [4.69, 9.17) is 9.52 Å². The van der Waals surface area contributed by atoms with Crippen molar-refractivity contribution in [2.24, 2.45) is 0 Å². The molecule has 0 aliphatic rings. The predicted octanol–water partition coefficient (Wildman–Crippen LogP) is 2.31. The first-order chi connectivity index (χ1) is 9.65. The van der Waals surface area contributed by atoms with Crippen LogP contribution in [0, 0.1) is 0 Å². The Labute approximate surface area is 115 Å². The Morgan fingerprint density at radius 2 is 1.95 bits per heavy atom. The van der Waals surface area contributed by atoms with Gasteiger partial charge in [0.2, 0.25) is 0 Å². The molecule has 0 radical (unpaired) electrons. The van der Waals surface area contributed by atoms with Crippen LogP contribution in [0.15, 0.2) is 53.2 Å². The first-order valence-corrected chi connectivity index (χ1v) is 5.97. The minimum atomic E-state index is -1.01. The second-order valence-electron chi connectivity index (χ2n) is 4.06. The van der Waals surface area contributed by atoms with E-state index < -0.39 is 5.97 Å². The monoisotopic (exact) mass is 271 g/mol. The van der Waals surface area contributed by atoms with E-state index in [0.29, 0.717) is 17.9 Å². The number of hydrogen-bond donors (Lipinski definition) is 2. The smallest absolute Gasteiger partial charge is 0.328 e. The van der Waals surface area contributed by atoms with Crippen molar-refractivity contribution in [3.05, 3.63) is 65.6 Å². The topological polar surface area (TPSA) is 79.5 Å². The highest BCUT2D eigenvalue weighted by Crippen LogP contribution is 2.07. The molecule has 0 saturated heterocycles. The van der Waals surface area contributed by atoms with E-state index in [-0.39, 0.29) is 5.91 Å². The van der Waals surface area contributed by atoms with Gasteiger partial charge in [-0.25, -0.2) is 4.79 Å². The van der Waals surface area contributed by atoms with Crippen LogP contribution in [0.25, 0.3) is 6.08 Å². The largest absolute Gasteiger partial charge is 0.478 e. The Balaban J connectivity index is 1.95. The number of nitrogens with one attached hydrogen (secondary N) is 1. The molecule has 0 aliphatic heterocycles. The van der Waals surface area contributed by atoms with Crippen LogP contribution in [-0.2, 0) is 11.3 Å². The third-order valence-electron chi connectivity index (χ3n) is 2.59. The van der Waals surface area contributed by atoms with E-state index >= 15 is 0 Å². The van der Waals surface area contributed by atoms with Gasteiger partial charge in [0.25, 0.3) is 5.91 Å². The lowest BCUT2D eigenvalue weighted by Gasteiger charge is -2.03. The standard InChI is InChI=1S/C15H13NO4/c17-14(18)8-5-11-3-6-12(7-4-11)15(19)16-10-13-2-1-9-20-13/h1-9H,10H2,(H,16,19)(H,17,18)/b8-5+. The number of aliphatic carboxylic acids is 1. The minimum Gasteiger partial charge on any atom is -0.478 e. The summed E-state index contributed by atoms with van der Waals surface area (Å²) in [5, 5.41) is 11.2. The van der Waals surface area contributed by atoms with Crippen LogP contribution < -0.4 is 5.32 Å². The van der Waals surface area contributed by atoms with Crippen molar-refractivity contribution in [1.29, 1.82) is 0 Å². The average Bonchev–Trinajstić information content (AvgIpc) is 2.96. The Bertz CT molecular complexity index is 612. The molecule has 0 atom stereocenters. The second-order valence-corrected chi connectivity index (χ2v) is 4.06. The summed E-state index contributed by atoms with van der Waals surface area (Å²) in [5.74, 6) is -0.542. The van der Waals surface area contributed by atoms with Crippen LogP contribution in [0.4, 0.5) is 0 Å². The molecule has 20 heavy (non-hydrogen) atoms. The molecule has 0 spiro atoms. The van der Waals surface area contributed by atoms with Crippen LogP contribution in [0.2, 0.25) is 0 Å². The molecule has 1 amide bonds. The molecule has 0 unspecified atom stereocenters. The van der Waals surface area contributed by atoms with Crippen LogP contribution in [0.1, 0.15) is 21.7 Å². The van der Waals surface area contributed by atoms with Gasteiger partial charge in [-0.15, -0.1) is 0 Å². The van der Waals surface area contributed by atoms with Crippen molar-refractivity contribution in [3.8, 4) is 0 Å². The quantitative estimate of drug-likeness (QED) is 0.818. The van der Waals surface area contributed by atoms with Gasteiger partial charge in [-0.3, -0.25) is 4.79 Å². The van der Waals surface area contributed by atoms with E-state index in [1.54, 1.807) is 42.7 Å². The van der Waals surface area contributed by atoms with Gasteiger partial charge in [0.1, 0.15) is 5.76 Å². The highest BCUT2D eigenvalue weighted by molar-refractivity contribution is 5.94. The zero-order valence-corrected chi connectivity index (χ0v) is 10.6. The third-order valence-corrected chi connectivity index (χ3v) is 2.59. The molecule has 2 N–H and O–H groups in total. The summed E-state index contributed by atoms with van der Waals surface area (Å²) in [4.78, 5) is 22.2. The van der Waals surface area contributed by atoms with Crippen molar-refractivity contribution >= 4 is 18.0 Å². The Kier molecular flexibility index (Phi) is 4.34. The number of carboxylic acid groups (broad SMARTS) is 1. The Hall–Kier alpha value is -2.82. The lowest BCUT2D eigenvalue weighted by atomic mass is 10.1. The maximum atomic E-state index is 11.9. The number of carbonyl (C=O) groups is 2. The van der Waals surface area contributed by atoms with Gasteiger partial charge in [0.05, 0.1) is 12.8 Å². The number of furan rings is 1. The maximum Gasteiger partial charge on any atom is 0.328 e. The summed E-state index contributed by atoms with van der Waals surface area (Å²) in [6.07, 6.45) is 4.06. The number of carbonyl (C=O) groups excluding carboxylic acids is 1. The van der Waals surface area contributed by atoms with Gasteiger partial charge in [0.15, 0.2) is 0 Å². The molecule has 1 aromatic carbocycles. The molecule has 1 heterocycles. The zero-order chi connectivity index (χ0) is 14.4. The molecule has 2 aromatic rings. The number of carboxylic acids is 1. The summed E-state index contributed by atoms with van der Waals surface area (Å²) in [5.41, 5.74) is 1.22. The molecule has 102 valence electrons. The zero-order valence-electron chi connectivity index (χ0n) is 10.6. The highest BCUT2D eigenvalue weighted by Gasteiger charge is 2.05. The lowest BCUT2D eigenvalue weighted by molar-refractivity contribution is -0.131. The highest BCUT2D eigenvalue weighted by atomic mass is 16.4. The van der Waals surface area contributed by atoms with Crippen LogP contribution in [0.3, 0.4) is 0 Å². The van der Waals surface area contributed by atoms with Gasteiger partial charge < -0.3 is 14.8 Å². The molecule has 2 rings (SSSR count). The summed E-state index contributed by atoms with van der Waals surface area (Å²) in [7, 11) is 0. The van der Waals surface area contributed by atoms with Crippen molar-refractivity contribution in [2.45, 2.75) is 6.54 Å². The number of amides is 1. The molecule has 0 fully saturated rings. The van der Waals surface area contributed by atoms with Gasteiger partial charge in [-0.1, -0.05) is 12.1 Å².